The number of hydrogen-bond acceptors (Lipinski definition) is 2. The summed E-state index contributed by atoms with van der Waals surface area (Å²) in [4.78, 5) is 11.9. The third-order valence-corrected chi connectivity index (χ3v) is 8.26. The molecule has 22 heavy (non-hydrogen) atoms. The largest absolute Gasteiger partial charge is 0.393 e. The molecule has 1 N–H and O–H groups in total. The first-order valence-corrected chi connectivity index (χ1v) is 9.28. The standard InChI is InChI=1S/C20H30O2/c1-12-10-13-11-14(21)6-8-19(13,2)16-7-9-20(3)15(18(12)16)4-5-17(20)22/h11-12,15-18,22H,4-10H2,1-3H3/t12?,15?,16?,17-,18?,19-,20-/m0/s1. The zero-order valence-electron chi connectivity index (χ0n) is 14.3. The van der Waals surface area contributed by atoms with E-state index < -0.39 is 0 Å². The predicted octanol–water partition coefficient (Wildman–Crippen LogP) is 4.13. The molecule has 4 unspecified atom stereocenters. The van der Waals surface area contributed by atoms with Crippen molar-refractivity contribution in [3.63, 3.8) is 0 Å². The van der Waals surface area contributed by atoms with Crippen molar-refractivity contribution in [3.8, 4) is 0 Å². The zero-order valence-corrected chi connectivity index (χ0v) is 14.3. The van der Waals surface area contributed by atoms with E-state index in [0.717, 1.165) is 37.5 Å². The van der Waals surface area contributed by atoms with Crippen LogP contribution in [0.3, 0.4) is 0 Å². The third-order valence-electron chi connectivity index (χ3n) is 8.26. The van der Waals surface area contributed by atoms with E-state index in [0.29, 0.717) is 17.6 Å². The molecule has 0 radical (unpaired) electrons. The van der Waals surface area contributed by atoms with Gasteiger partial charge in [0.1, 0.15) is 0 Å². The SMILES string of the molecule is CC1CC2=CC(=O)CC[C@]2(C)C2CC[C@@]3(C)C(CC[C@@H]3O)C12. The summed E-state index contributed by atoms with van der Waals surface area (Å²) >= 11 is 0. The molecular weight excluding hydrogens is 272 g/mol. The summed E-state index contributed by atoms with van der Waals surface area (Å²) in [7, 11) is 0. The van der Waals surface area contributed by atoms with Crippen LogP contribution in [-0.4, -0.2) is 17.0 Å². The number of hydrogen-bond donors (Lipinski definition) is 1. The first-order valence-electron chi connectivity index (χ1n) is 9.28. The summed E-state index contributed by atoms with van der Waals surface area (Å²) in [5.41, 5.74) is 1.84. The molecule has 2 heteroatoms. The minimum atomic E-state index is -0.0941. The Morgan fingerprint density at radius 3 is 2.68 bits per heavy atom. The fraction of sp³-hybridized carbons (Fsp3) is 0.850. The van der Waals surface area contributed by atoms with Crippen LogP contribution in [-0.2, 0) is 4.79 Å². The Morgan fingerprint density at radius 2 is 1.91 bits per heavy atom. The van der Waals surface area contributed by atoms with E-state index in [1.54, 1.807) is 0 Å². The van der Waals surface area contributed by atoms with Crippen LogP contribution < -0.4 is 0 Å². The molecule has 7 atom stereocenters. The van der Waals surface area contributed by atoms with Crippen LogP contribution in [0.4, 0.5) is 0 Å². The molecule has 0 spiro atoms. The molecule has 0 aliphatic heterocycles. The average molecular weight is 302 g/mol. The molecular formula is C20H30O2. The number of rotatable bonds is 0. The lowest BCUT2D eigenvalue weighted by Crippen LogP contribution is -2.53. The van der Waals surface area contributed by atoms with E-state index in [2.05, 4.69) is 20.8 Å². The monoisotopic (exact) mass is 302 g/mol. The summed E-state index contributed by atoms with van der Waals surface area (Å²) in [6, 6.07) is 0. The molecule has 3 fully saturated rings. The third kappa shape index (κ3) is 1.79. The van der Waals surface area contributed by atoms with Gasteiger partial charge in [0.05, 0.1) is 6.10 Å². The molecule has 0 aromatic rings. The van der Waals surface area contributed by atoms with Crippen molar-refractivity contribution in [2.75, 3.05) is 0 Å². The number of ketones is 1. The fourth-order valence-electron chi connectivity index (χ4n) is 6.88. The first kappa shape index (κ1) is 14.9. The van der Waals surface area contributed by atoms with Gasteiger partial charge in [-0.05, 0) is 79.1 Å². The van der Waals surface area contributed by atoms with Crippen LogP contribution in [0.25, 0.3) is 0 Å². The van der Waals surface area contributed by atoms with Crippen LogP contribution in [0.5, 0.6) is 0 Å². The van der Waals surface area contributed by atoms with Crippen LogP contribution in [0.1, 0.15) is 65.7 Å². The van der Waals surface area contributed by atoms with E-state index in [1.807, 2.05) is 6.08 Å². The Balaban J connectivity index is 1.74. The van der Waals surface area contributed by atoms with Crippen molar-refractivity contribution in [3.05, 3.63) is 11.6 Å². The highest BCUT2D eigenvalue weighted by Crippen LogP contribution is 2.66. The topological polar surface area (TPSA) is 37.3 Å². The minimum absolute atomic E-state index is 0.0941. The second-order valence-electron chi connectivity index (χ2n) is 9.16. The number of aliphatic hydroxyl groups excluding tert-OH is 1. The lowest BCUT2D eigenvalue weighted by atomic mass is 9.45. The van der Waals surface area contributed by atoms with Gasteiger partial charge in [-0.1, -0.05) is 26.3 Å². The smallest absolute Gasteiger partial charge is 0.155 e. The highest BCUT2D eigenvalue weighted by Gasteiger charge is 2.60. The second kappa shape index (κ2) is 4.69. The van der Waals surface area contributed by atoms with Crippen molar-refractivity contribution in [1.29, 1.82) is 0 Å². The molecule has 0 aromatic carbocycles. The minimum Gasteiger partial charge on any atom is -0.393 e. The van der Waals surface area contributed by atoms with Gasteiger partial charge in [-0.2, -0.15) is 0 Å². The summed E-state index contributed by atoms with van der Waals surface area (Å²) in [5, 5.41) is 10.5. The molecule has 0 heterocycles. The Morgan fingerprint density at radius 1 is 1.14 bits per heavy atom. The summed E-state index contributed by atoms with van der Waals surface area (Å²) in [6.45, 7) is 7.17. The van der Waals surface area contributed by atoms with Crippen molar-refractivity contribution >= 4 is 5.78 Å². The fourth-order valence-corrected chi connectivity index (χ4v) is 6.88. The quantitative estimate of drug-likeness (QED) is 0.730. The number of allylic oxidation sites excluding steroid dienone is 1. The van der Waals surface area contributed by atoms with E-state index in [4.69, 9.17) is 0 Å². The molecule has 2 nitrogen and oxygen atoms in total. The molecule has 0 aromatic heterocycles. The van der Waals surface area contributed by atoms with Crippen LogP contribution in [0.2, 0.25) is 0 Å². The normalized spacial score (nSPS) is 54.3. The van der Waals surface area contributed by atoms with Gasteiger partial charge in [0.2, 0.25) is 0 Å². The van der Waals surface area contributed by atoms with E-state index in [-0.39, 0.29) is 16.9 Å². The Kier molecular flexibility index (Phi) is 3.18. The summed E-state index contributed by atoms with van der Waals surface area (Å²) in [5.74, 6) is 3.15. The molecule has 3 saturated carbocycles. The Labute approximate surface area is 134 Å². The lowest BCUT2D eigenvalue weighted by molar-refractivity contribution is -0.119. The Bertz CT molecular complexity index is 536. The van der Waals surface area contributed by atoms with E-state index in [1.165, 1.54) is 24.8 Å². The molecule has 4 aliphatic rings. The van der Waals surface area contributed by atoms with Gasteiger partial charge in [0.25, 0.3) is 0 Å². The van der Waals surface area contributed by atoms with Gasteiger partial charge >= 0.3 is 0 Å². The van der Waals surface area contributed by atoms with E-state index in [9.17, 15) is 9.90 Å². The number of fused-ring (bicyclic) bond motifs is 5. The molecule has 0 saturated heterocycles. The molecule has 122 valence electrons. The van der Waals surface area contributed by atoms with Gasteiger partial charge in [-0.15, -0.1) is 0 Å². The van der Waals surface area contributed by atoms with Crippen molar-refractivity contribution in [2.24, 2.45) is 34.5 Å². The van der Waals surface area contributed by atoms with E-state index >= 15 is 0 Å². The molecule has 0 amide bonds. The van der Waals surface area contributed by atoms with Gasteiger partial charge < -0.3 is 5.11 Å². The van der Waals surface area contributed by atoms with Crippen molar-refractivity contribution < 1.29 is 9.90 Å². The zero-order chi connectivity index (χ0) is 15.7. The highest BCUT2D eigenvalue weighted by molar-refractivity contribution is 5.91. The van der Waals surface area contributed by atoms with Gasteiger partial charge in [-0.3, -0.25) is 4.79 Å². The highest BCUT2D eigenvalue weighted by atomic mass is 16.3. The maximum absolute atomic E-state index is 11.9. The summed E-state index contributed by atoms with van der Waals surface area (Å²) < 4.78 is 0. The maximum Gasteiger partial charge on any atom is 0.155 e. The van der Waals surface area contributed by atoms with Crippen molar-refractivity contribution in [2.45, 2.75) is 71.8 Å². The van der Waals surface area contributed by atoms with Gasteiger partial charge in [0, 0.05) is 6.42 Å². The lowest BCUT2D eigenvalue weighted by Gasteiger charge is -2.59. The van der Waals surface area contributed by atoms with Crippen LogP contribution >= 0.6 is 0 Å². The molecule has 4 aliphatic carbocycles. The van der Waals surface area contributed by atoms with Gasteiger partial charge in [-0.25, -0.2) is 0 Å². The average Bonchev–Trinajstić information content (AvgIpc) is 2.77. The number of aliphatic hydroxyl groups is 1. The number of carbonyl (C=O) groups is 1. The first-order chi connectivity index (χ1) is 10.4. The van der Waals surface area contributed by atoms with Crippen molar-refractivity contribution in [1.82, 2.24) is 0 Å². The summed E-state index contributed by atoms with van der Waals surface area (Å²) in [6.07, 6.45) is 9.40. The Hall–Kier alpha value is -0.630. The second-order valence-corrected chi connectivity index (χ2v) is 9.16. The predicted molar refractivity (Wildman–Crippen MR) is 87.3 cm³/mol. The molecule has 4 rings (SSSR count). The van der Waals surface area contributed by atoms with Gasteiger partial charge in [0.15, 0.2) is 5.78 Å². The number of carbonyl (C=O) groups excluding carboxylic acids is 1. The van der Waals surface area contributed by atoms with Crippen LogP contribution in [0.15, 0.2) is 11.6 Å². The molecule has 0 bridgehead atoms. The van der Waals surface area contributed by atoms with Crippen LogP contribution in [0, 0.1) is 34.5 Å². The maximum atomic E-state index is 11.9.